The largest absolute Gasteiger partial charge is 0.454 e. The van der Waals surface area contributed by atoms with Crippen molar-refractivity contribution in [1.82, 2.24) is 0 Å². The summed E-state index contributed by atoms with van der Waals surface area (Å²) in [6, 6.07) is 21.3. The molecule has 150 valence electrons. The van der Waals surface area contributed by atoms with Crippen LogP contribution in [0.4, 0.5) is 17.1 Å². The van der Waals surface area contributed by atoms with Gasteiger partial charge in [-0.3, -0.25) is 4.79 Å². The number of fused-ring (bicyclic) bond motifs is 1. The number of nitrogens with one attached hydrogen (secondary N) is 2. The standard InChI is InChI=1S/C24H21N3O2S/c1-15-10-11-16-6-5-9-21-22(16)27(15)23(28)19-14-18(12-13-20(19)29-21)26-24(30)25-17-7-3-2-4-8-17/h2-9,12-15H,10-11H2,1H3,(H2,25,26,30). The number of nitrogens with zero attached hydrogens (tertiary/aromatic N) is 1. The molecule has 3 aromatic carbocycles. The molecule has 0 saturated carbocycles. The number of hydrogen-bond donors (Lipinski definition) is 2. The summed E-state index contributed by atoms with van der Waals surface area (Å²) < 4.78 is 6.18. The summed E-state index contributed by atoms with van der Waals surface area (Å²) >= 11 is 5.43. The van der Waals surface area contributed by atoms with Crippen molar-refractivity contribution in [1.29, 1.82) is 0 Å². The summed E-state index contributed by atoms with van der Waals surface area (Å²) in [7, 11) is 0. The number of benzene rings is 3. The van der Waals surface area contributed by atoms with E-state index in [4.69, 9.17) is 17.0 Å². The number of anilines is 3. The minimum absolute atomic E-state index is 0.0472. The molecule has 1 unspecified atom stereocenters. The molecule has 1 atom stereocenters. The fourth-order valence-corrected chi connectivity index (χ4v) is 4.30. The third-order valence-electron chi connectivity index (χ3n) is 5.53. The first-order valence-corrected chi connectivity index (χ1v) is 10.4. The fraction of sp³-hybridized carbons (Fsp3) is 0.167. The average Bonchev–Trinajstić information content (AvgIpc) is 2.87. The molecule has 0 fully saturated rings. The van der Waals surface area contributed by atoms with Crippen molar-refractivity contribution in [3.8, 4) is 11.5 Å². The molecule has 0 aliphatic carbocycles. The zero-order chi connectivity index (χ0) is 20.7. The Hall–Kier alpha value is -3.38. The molecule has 6 heteroatoms. The van der Waals surface area contributed by atoms with Crippen LogP contribution < -0.4 is 20.3 Å². The van der Waals surface area contributed by atoms with Crippen LogP contribution in [0.3, 0.4) is 0 Å². The Balaban J connectivity index is 1.46. The van der Waals surface area contributed by atoms with Crippen molar-refractivity contribution in [2.45, 2.75) is 25.8 Å². The molecular formula is C24H21N3O2S. The van der Waals surface area contributed by atoms with Crippen molar-refractivity contribution in [2.75, 3.05) is 15.5 Å². The second kappa shape index (κ2) is 7.46. The normalized spacial score (nSPS) is 16.6. The lowest BCUT2D eigenvalue weighted by atomic mass is 9.95. The number of rotatable bonds is 2. The Morgan fingerprint density at radius 2 is 1.80 bits per heavy atom. The van der Waals surface area contributed by atoms with E-state index in [0.717, 1.165) is 41.2 Å². The molecule has 0 aromatic heterocycles. The van der Waals surface area contributed by atoms with Crippen LogP contribution in [0.1, 0.15) is 29.3 Å². The van der Waals surface area contributed by atoms with Crippen LogP contribution in [0.15, 0.2) is 66.7 Å². The highest BCUT2D eigenvalue weighted by molar-refractivity contribution is 7.80. The molecular weight excluding hydrogens is 394 g/mol. The zero-order valence-electron chi connectivity index (χ0n) is 16.5. The van der Waals surface area contributed by atoms with Crippen molar-refractivity contribution in [3.05, 3.63) is 77.9 Å². The van der Waals surface area contributed by atoms with E-state index in [1.54, 1.807) is 0 Å². The van der Waals surface area contributed by atoms with E-state index in [9.17, 15) is 4.79 Å². The smallest absolute Gasteiger partial charge is 0.262 e. The molecule has 1 amide bonds. The van der Waals surface area contributed by atoms with E-state index < -0.39 is 0 Å². The monoisotopic (exact) mass is 415 g/mol. The molecule has 0 spiro atoms. The van der Waals surface area contributed by atoms with Crippen LogP contribution in [0.5, 0.6) is 11.5 Å². The van der Waals surface area contributed by atoms with Gasteiger partial charge in [0.25, 0.3) is 5.91 Å². The van der Waals surface area contributed by atoms with E-state index >= 15 is 0 Å². The fourth-order valence-electron chi connectivity index (χ4n) is 4.07. The summed E-state index contributed by atoms with van der Waals surface area (Å²) in [5.41, 5.74) is 4.20. The predicted molar refractivity (Wildman–Crippen MR) is 124 cm³/mol. The molecule has 0 radical (unpaired) electrons. The van der Waals surface area contributed by atoms with Crippen LogP contribution >= 0.6 is 12.2 Å². The highest BCUT2D eigenvalue weighted by Crippen LogP contribution is 2.45. The van der Waals surface area contributed by atoms with Gasteiger partial charge in [0.15, 0.2) is 10.9 Å². The zero-order valence-corrected chi connectivity index (χ0v) is 17.3. The summed E-state index contributed by atoms with van der Waals surface area (Å²) in [6.45, 7) is 2.09. The number of amides is 1. The molecule has 2 N–H and O–H groups in total. The summed E-state index contributed by atoms with van der Waals surface area (Å²) in [4.78, 5) is 15.4. The molecule has 2 heterocycles. The van der Waals surface area contributed by atoms with Gasteiger partial charge in [-0.25, -0.2) is 0 Å². The minimum Gasteiger partial charge on any atom is -0.454 e. The van der Waals surface area contributed by atoms with Crippen molar-refractivity contribution < 1.29 is 9.53 Å². The maximum absolute atomic E-state index is 13.5. The first-order valence-electron chi connectivity index (χ1n) is 10.0. The molecule has 0 saturated heterocycles. The molecule has 3 aromatic rings. The van der Waals surface area contributed by atoms with E-state index in [-0.39, 0.29) is 11.9 Å². The number of para-hydroxylation sites is 2. The van der Waals surface area contributed by atoms with Gasteiger partial charge in [0.05, 0.1) is 11.3 Å². The Morgan fingerprint density at radius 1 is 1.00 bits per heavy atom. The van der Waals surface area contributed by atoms with E-state index in [1.165, 1.54) is 0 Å². The van der Waals surface area contributed by atoms with E-state index in [1.807, 2.05) is 65.6 Å². The lowest BCUT2D eigenvalue weighted by molar-refractivity contribution is 0.0975. The van der Waals surface area contributed by atoms with Crippen LogP contribution in [-0.4, -0.2) is 17.1 Å². The highest BCUT2D eigenvalue weighted by atomic mass is 32.1. The third-order valence-corrected chi connectivity index (χ3v) is 5.74. The molecule has 0 bridgehead atoms. The SMILES string of the molecule is CC1CCc2cccc3c2N1C(=O)c1cc(NC(=S)Nc2ccccc2)ccc1O3. The van der Waals surface area contributed by atoms with Crippen LogP contribution in [0.25, 0.3) is 0 Å². The van der Waals surface area contributed by atoms with Gasteiger partial charge in [0, 0.05) is 17.4 Å². The minimum atomic E-state index is -0.0472. The Morgan fingerprint density at radius 3 is 2.63 bits per heavy atom. The van der Waals surface area contributed by atoms with Crippen LogP contribution in [0, 0.1) is 0 Å². The topological polar surface area (TPSA) is 53.6 Å². The van der Waals surface area contributed by atoms with Gasteiger partial charge in [0.1, 0.15) is 5.75 Å². The van der Waals surface area contributed by atoms with Crippen LogP contribution in [-0.2, 0) is 6.42 Å². The summed E-state index contributed by atoms with van der Waals surface area (Å²) in [5, 5.41) is 6.77. The average molecular weight is 416 g/mol. The maximum Gasteiger partial charge on any atom is 0.262 e. The van der Waals surface area contributed by atoms with E-state index in [0.29, 0.717) is 16.4 Å². The van der Waals surface area contributed by atoms with Gasteiger partial charge in [-0.1, -0.05) is 30.3 Å². The van der Waals surface area contributed by atoms with E-state index in [2.05, 4.69) is 23.6 Å². The molecule has 2 aliphatic rings. The Bertz CT molecular complexity index is 1150. The van der Waals surface area contributed by atoms with Gasteiger partial charge in [-0.05, 0) is 73.9 Å². The number of thiocarbonyl (C=S) groups is 1. The Kier molecular flexibility index (Phi) is 4.64. The molecule has 5 nitrogen and oxygen atoms in total. The lowest BCUT2D eigenvalue weighted by Gasteiger charge is -2.34. The second-order valence-electron chi connectivity index (χ2n) is 7.58. The second-order valence-corrected chi connectivity index (χ2v) is 7.99. The lowest BCUT2D eigenvalue weighted by Crippen LogP contribution is -2.41. The number of aryl methyl sites for hydroxylation is 1. The van der Waals surface area contributed by atoms with Crippen LogP contribution in [0.2, 0.25) is 0 Å². The Labute approximate surface area is 180 Å². The maximum atomic E-state index is 13.5. The first kappa shape index (κ1) is 18.6. The van der Waals surface area contributed by atoms with Crippen molar-refractivity contribution in [3.63, 3.8) is 0 Å². The summed E-state index contributed by atoms with van der Waals surface area (Å²) in [5.74, 6) is 1.24. The number of carbonyl (C=O) groups excluding carboxylic acids is 1. The van der Waals surface area contributed by atoms with Gasteiger partial charge in [-0.2, -0.15) is 0 Å². The highest BCUT2D eigenvalue weighted by Gasteiger charge is 2.35. The summed E-state index contributed by atoms with van der Waals surface area (Å²) in [6.07, 6.45) is 1.88. The number of carbonyl (C=O) groups is 1. The predicted octanol–water partition coefficient (Wildman–Crippen LogP) is 5.58. The van der Waals surface area contributed by atoms with Crippen molar-refractivity contribution in [2.24, 2.45) is 0 Å². The number of ether oxygens (including phenoxy) is 1. The quantitative estimate of drug-likeness (QED) is 0.535. The third kappa shape index (κ3) is 3.29. The first-order chi connectivity index (χ1) is 14.6. The van der Waals surface area contributed by atoms with Gasteiger partial charge >= 0.3 is 0 Å². The van der Waals surface area contributed by atoms with Crippen molar-refractivity contribution >= 4 is 40.3 Å². The molecule has 2 aliphatic heterocycles. The van der Waals surface area contributed by atoms with Gasteiger partial charge in [0.2, 0.25) is 0 Å². The molecule has 30 heavy (non-hydrogen) atoms. The number of hydrogen-bond acceptors (Lipinski definition) is 3. The molecule has 5 rings (SSSR count). The van der Waals surface area contributed by atoms with Gasteiger partial charge in [-0.15, -0.1) is 0 Å². The van der Waals surface area contributed by atoms with Gasteiger partial charge < -0.3 is 20.3 Å².